The van der Waals surface area contributed by atoms with E-state index in [9.17, 15) is 0 Å². The summed E-state index contributed by atoms with van der Waals surface area (Å²) in [5.74, 6) is 0. The van der Waals surface area contributed by atoms with Gasteiger partial charge in [-0.2, -0.15) is 0 Å². The van der Waals surface area contributed by atoms with Crippen LogP contribution in [0.15, 0.2) is 0 Å². The van der Waals surface area contributed by atoms with Crippen molar-refractivity contribution in [1.82, 2.24) is 0 Å². The molecule has 1 saturated heterocycles. The van der Waals surface area contributed by atoms with Crippen molar-refractivity contribution in [2.75, 3.05) is 13.2 Å². The minimum atomic E-state index is -1.10. The van der Waals surface area contributed by atoms with Crippen molar-refractivity contribution in [1.29, 1.82) is 0 Å². The number of hydrogen-bond acceptors (Lipinski definition) is 2. The van der Waals surface area contributed by atoms with E-state index in [-0.39, 0.29) is 12.7 Å². The minimum Gasteiger partial charge on any atom is -0.393 e. The molecule has 2 nitrogen and oxygen atoms in total. The van der Waals surface area contributed by atoms with Crippen LogP contribution in [-0.4, -0.2) is 28.8 Å². The molecule has 1 atom stereocenters. The van der Waals surface area contributed by atoms with Crippen molar-refractivity contribution < 1.29 is 9.84 Å². The van der Waals surface area contributed by atoms with E-state index in [1.54, 1.807) is 0 Å². The van der Waals surface area contributed by atoms with Crippen molar-refractivity contribution >= 4 is 23.2 Å². The molecule has 1 heterocycles. The lowest BCUT2D eigenvalue weighted by molar-refractivity contribution is 0.0783. The number of rotatable bonds is 2. The molecule has 0 aromatic carbocycles. The van der Waals surface area contributed by atoms with Crippen LogP contribution in [0.2, 0.25) is 0 Å². The molecule has 0 spiro atoms. The van der Waals surface area contributed by atoms with Crippen LogP contribution >= 0.6 is 23.2 Å². The molecule has 1 fully saturated rings. The molecular formula is C6H10Cl2O2. The van der Waals surface area contributed by atoms with Gasteiger partial charge in [0.15, 0.2) is 4.33 Å². The third-order valence-electron chi connectivity index (χ3n) is 1.61. The number of ether oxygens (including phenoxy) is 1. The first-order valence-corrected chi connectivity index (χ1v) is 4.02. The summed E-state index contributed by atoms with van der Waals surface area (Å²) in [6.07, 6.45) is 1.63. The highest BCUT2D eigenvalue weighted by atomic mass is 35.5. The molecule has 0 aromatic heterocycles. The van der Waals surface area contributed by atoms with Crippen LogP contribution in [0, 0.1) is 0 Å². The van der Waals surface area contributed by atoms with Gasteiger partial charge in [0, 0.05) is 6.61 Å². The highest BCUT2D eigenvalue weighted by molar-refractivity contribution is 6.49. The van der Waals surface area contributed by atoms with E-state index in [1.165, 1.54) is 0 Å². The average molecular weight is 185 g/mol. The Kier molecular flexibility index (Phi) is 2.81. The summed E-state index contributed by atoms with van der Waals surface area (Å²) in [5.41, 5.74) is 0. The molecule has 0 bridgehead atoms. The van der Waals surface area contributed by atoms with E-state index in [0.717, 1.165) is 12.8 Å². The maximum atomic E-state index is 8.71. The van der Waals surface area contributed by atoms with E-state index in [0.29, 0.717) is 6.61 Å². The quantitative estimate of drug-likeness (QED) is 0.657. The second-order valence-electron chi connectivity index (χ2n) is 2.42. The highest BCUT2D eigenvalue weighted by Gasteiger charge is 2.37. The number of halogens is 2. The van der Waals surface area contributed by atoms with Gasteiger partial charge in [-0.25, -0.2) is 0 Å². The molecule has 10 heavy (non-hydrogen) atoms. The van der Waals surface area contributed by atoms with Crippen LogP contribution in [0.1, 0.15) is 12.8 Å². The lowest BCUT2D eigenvalue weighted by atomic mass is 10.2. The van der Waals surface area contributed by atoms with E-state index >= 15 is 0 Å². The standard InChI is InChI=1S/C6H10Cl2O2/c7-6(8,4-9)5-2-1-3-10-5/h5,9H,1-4H2. The monoisotopic (exact) mass is 184 g/mol. The fourth-order valence-corrected chi connectivity index (χ4v) is 1.36. The Morgan fingerprint density at radius 3 is 2.70 bits per heavy atom. The van der Waals surface area contributed by atoms with Crippen LogP contribution in [0.4, 0.5) is 0 Å². The van der Waals surface area contributed by atoms with Crippen LogP contribution in [0.25, 0.3) is 0 Å². The van der Waals surface area contributed by atoms with Gasteiger partial charge < -0.3 is 9.84 Å². The Hall–Kier alpha value is 0.500. The van der Waals surface area contributed by atoms with E-state index in [4.69, 9.17) is 33.0 Å². The van der Waals surface area contributed by atoms with Gasteiger partial charge in [-0.05, 0) is 12.8 Å². The summed E-state index contributed by atoms with van der Waals surface area (Å²) in [6.45, 7) is 0.451. The van der Waals surface area contributed by atoms with E-state index < -0.39 is 4.33 Å². The predicted molar refractivity (Wildman–Crippen MR) is 40.5 cm³/mol. The molecule has 0 aromatic rings. The zero-order valence-corrected chi connectivity index (χ0v) is 7.03. The van der Waals surface area contributed by atoms with Gasteiger partial charge in [-0.1, -0.05) is 23.2 Å². The Labute approximate surface area is 70.1 Å². The molecule has 1 rings (SSSR count). The first-order valence-electron chi connectivity index (χ1n) is 3.27. The van der Waals surface area contributed by atoms with Crippen molar-refractivity contribution in [3.63, 3.8) is 0 Å². The lowest BCUT2D eigenvalue weighted by Crippen LogP contribution is -2.34. The number of aliphatic hydroxyl groups is 1. The van der Waals surface area contributed by atoms with Gasteiger partial charge in [-0.15, -0.1) is 0 Å². The van der Waals surface area contributed by atoms with Gasteiger partial charge in [0.05, 0.1) is 12.7 Å². The minimum absolute atomic E-state index is 0.194. The SMILES string of the molecule is OCC(Cl)(Cl)C1CCCO1. The number of hydrogen-bond donors (Lipinski definition) is 1. The summed E-state index contributed by atoms with van der Waals surface area (Å²) in [7, 11) is 0. The summed E-state index contributed by atoms with van der Waals surface area (Å²) >= 11 is 11.4. The maximum Gasteiger partial charge on any atom is 0.166 e. The number of alkyl halides is 2. The number of aliphatic hydroxyl groups excluding tert-OH is 1. The lowest BCUT2D eigenvalue weighted by Gasteiger charge is -2.22. The normalized spacial score (nSPS) is 27.3. The van der Waals surface area contributed by atoms with Crippen molar-refractivity contribution in [3.8, 4) is 0 Å². The summed E-state index contributed by atoms with van der Waals surface area (Å²) < 4.78 is 4.08. The van der Waals surface area contributed by atoms with Gasteiger partial charge in [0.1, 0.15) is 0 Å². The Morgan fingerprint density at radius 2 is 2.30 bits per heavy atom. The molecule has 0 amide bonds. The van der Waals surface area contributed by atoms with E-state index in [1.807, 2.05) is 0 Å². The topological polar surface area (TPSA) is 29.5 Å². The highest BCUT2D eigenvalue weighted by Crippen LogP contribution is 2.32. The fourth-order valence-electron chi connectivity index (χ4n) is 1.01. The maximum absolute atomic E-state index is 8.71. The smallest absolute Gasteiger partial charge is 0.166 e. The molecule has 0 saturated carbocycles. The Balaban J connectivity index is 2.45. The molecule has 1 unspecified atom stereocenters. The average Bonchev–Trinajstić information content (AvgIpc) is 2.38. The third kappa shape index (κ3) is 1.76. The van der Waals surface area contributed by atoms with Crippen LogP contribution in [0.5, 0.6) is 0 Å². The molecule has 4 heteroatoms. The summed E-state index contributed by atoms with van der Waals surface area (Å²) in [5, 5.41) is 8.71. The van der Waals surface area contributed by atoms with Gasteiger partial charge >= 0.3 is 0 Å². The van der Waals surface area contributed by atoms with Gasteiger partial charge in [0.25, 0.3) is 0 Å². The van der Waals surface area contributed by atoms with Gasteiger partial charge in [-0.3, -0.25) is 0 Å². The Bertz CT molecular complexity index is 110. The predicted octanol–water partition coefficient (Wildman–Crippen LogP) is 1.33. The summed E-state index contributed by atoms with van der Waals surface area (Å²) in [6, 6.07) is 0. The third-order valence-corrected chi connectivity index (χ3v) is 2.34. The molecular weight excluding hydrogens is 175 g/mol. The largest absolute Gasteiger partial charge is 0.393 e. The van der Waals surface area contributed by atoms with E-state index in [2.05, 4.69) is 0 Å². The van der Waals surface area contributed by atoms with Crippen LogP contribution < -0.4 is 0 Å². The molecule has 1 aliphatic rings. The first kappa shape index (κ1) is 8.60. The van der Waals surface area contributed by atoms with Gasteiger partial charge in [0.2, 0.25) is 0 Å². The molecule has 0 radical (unpaired) electrons. The van der Waals surface area contributed by atoms with Crippen molar-refractivity contribution in [2.45, 2.75) is 23.3 Å². The second kappa shape index (κ2) is 3.26. The molecule has 1 N–H and O–H groups in total. The molecule has 1 aliphatic heterocycles. The first-order chi connectivity index (χ1) is 4.67. The fraction of sp³-hybridized carbons (Fsp3) is 1.00. The molecule has 0 aliphatic carbocycles. The second-order valence-corrected chi connectivity index (χ2v) is 3.96. The van der Waals surface area contributed by atoms with Crippen molar-refractivity contribution in [3.05, 3.63) is 0 Å². The van der Waals surface area contributed by atoms with Crippen LogP contribution in [-0.2, 0) is 4.74 Å². The zero-order valence-electron chi connectivity index (χ0n) is 5.52. The van der Waals surface area contributed by atoms with Crippen molar-refractivity contribution in [2.24, 2.45) is 0 Å². The zero-order chi connectivity index (χ0) is 7.61. The van der Waals surface area contributed by atoms with Crippen LogP contribution in [0.3, 0.4) is 0 Å². The Morgan fingerprint density at radius 1 is 1.60 bits per heavy atom. The molecule has 60 valence electrons. The summed E-state index contributed by atoms with van der Waals surface area (Å²) in [4.78, 5) is 0.